The number of fused-ring (bicyclic) bond motifs is 1. The molecule has 0 bridgehead atoms. The Morgan fingerprint density at radius 2 is 1.62 bits per heavy atom. The Hall–Kier alpha value is -3.38. The van der Waals surface area contributed by atoms with Gasteiger partial charge in [-0.05, 0) is 54.3 Å². The van der Waals surface area contributed by atoms with Crippen LogP contribution in [0.2, 0.25) is 0 Å². The molecule has 0 atom stereocenters. The predicted molar refractivity (Wildman–Crippen MR) is 113 cm³/mol. The SMILES string of the molecule is Cc1ccccc1S(=O)(=O)NC(=O)c1ccc(Cc2c[nH]c3ccccc23)cc1. The highest BCUT2D eigenvalue weighted by Crippen LogP contribution is 2.21. The number of hydrogen-bond donors (Lipinski definition) is 2. The van der Waals surface area contributed by atoms with E-state index in [1.54, 1.807) is 37.3 Å². The van der Waals surface area contributed by atoms with Crippen molar-refractivity contribution in [1.82, 2.24) is 9.71 Å². The summed E-state index contributed by atoms with van der Waals surface area (Å²) < 4.78 is 27.2. The largest absolute Gasteiger partial charge is 0.361 e. The van der Waals surface area contributed by atoms with E-state index in [-0.39, 0.29) is 4.90 Å². The third kappa shape index (κ3) is 3.93. The molecule has 0 unspecified atom stereocenters. The van der Waals surface area contributed by atoms with Crippen LogP contribution in [0.4, 0.5) is 0 Å². The van der Waals surface area contributed by atoms with Crippen molar-refractivity contribution in [1.29, 1.82) is 0 Å². The third-order valence-electron chi connectivity index (χ3n) is 4.90. The van der Waals surface area contributed by atoms with Crippen molar-refractivity contribution >= 4 is 26.8 Å². The minimum atomic E-state index is -3.92. The number of aromatic nitrogens is 1. The molecule has 1 heterocycles. The Bertz CT molecular complexity index is 1290. The second kappa shape index (κ2) is 7.56. The van der Waals surface area contributed by atoms with E-state index >= 15 is 0 Å². The minimum absolute atomic E-state index is 0.101. The van der Waals surface area contributed by atoms with Crippen LogP contribution in [-0.2, 0) is 16.4 Å². The molecule has 6 heteroatoms. The molecule has 1 aromatic heterocycles. The van der Waals surface area contributed by atoms with Gasteiger partial charge in [0.25, 0.3) is 15.9 Å². The van der Waals surface area contributed by atoms with E-state index in [9.17, 15) is 13.2 Å². The van der Waals surface area contributed by atoms with Gasteiger partial charge in [0.1, 0.15) is 0 Å². The molecule has 3 aromatic carbocycles. The number of rotatable bonds is 5. The van der Waals surface area contributed by atoms with Gasteiger partial charge >= 0.3 is 0 Å². The van der Waals surface area contributed by atoms with Crippen LogP contribution in [0.1, 0.15) is 27.0 Å². The molecule has 0 radical (unpaired) electrons. The van der Waals surface area contributed by atoms with Gasteiger partial charge in [-0.25, -0.2) is 13.1 Å². The maximum Gasteiger partial charge on any atom is 0.264 e. The molecule has 0 aliphatic carbocycles. The lowest BCUT2D eigenvalue weighted by molar-refractivity contribution is 0.0981. The van der Waals surface area contributed by atoms with Crippen molar-refractivity contribution in [3.63, 3.8) is 0 Å². The van der Waals surface area contributed by atoms with Gasteiger partial charge in [-0.1, -0.05) is 48.5 Å². The molecule has 1 amide bonds. The Morgan fingerprint density at radius 3 is 2.38 bits per heavy atom. The number of nitrogens with one attached hydrogen (secondary N) is 2. The molecule has 4 rings (SSSR count). The van der Waals surface area contributed by atoms with Gasteiger partial charge in [-0.2, -0.15) is 0 Å². The molecule has 0 aliphatic rings. The summed E-state index contributed by atoms with van der Waals surface area (Å²) in [4.78, 5) is 15.8. The number of sulfonamides is 1. The number of hydrogen-bond acceptors (Lipinski definition) is 3. The lowest BCUT2D eigenvalue weighted by Gasteiger charge is -2.09. The molecule has 146 valence electrons. The monoisotopic (exact) mass is 404 g/mol. The van der Waals surface area contributed by atoms with Gasteiger partial charge in [-0.3, -0.25) is 4.79 Å². The van der Waals surface area contributed by atoms with Crippen LogP contribution in [0.3, 0.4) is 0 Å². The number of aromatic amines is 1. The van der Waals surface area contributed by atoms with Crippen molar-refractivity contribution in [3.05, 3.63) is 101 Å². The summed E-state index contributed by atoms with van der Waals surface area (Å²) in [5, 5.41) is 1.17. The van der Waals surface area contributed by atoms with Crippen molar-refractivity contribution in [3.8, 4) is 0 Å². The van der Waals surface area contributed by atoms with Crippen LogP contribution in [0.5, 0.6) is 0 Å². The first-order valence-corrected chi connectivity index (χ1v) is 10.7. The number of H-pyrrole nitrogens is 1. The van der Waals surface area contributed by atoms with Gasteiger partial charge < -0.3 is 4.98 Å². The molecular weight excluding hydrogens is 384 g/mol. The molecule has 0 saturated carbocycles. The maximum absolute atomic E-state index is 12.5. The summed E-state index contributed by atoms with van der Waals surface area (Å²) in [6.07, 6.45) is 2.70. The fourth-order valence-electron chi connectivity index (χ4n) is 3.37. The summed E-state index contributed by atoms with van der Waals surface area (Å²) in [6.45, 7) is 1.69. The fourth-order valence-corrected chi connectivity index (χ4v) is 4.59. The van der Waals surface area contributed by atoms with Gasteiger partial charge in [-0.15, -0.1) is 0 Å². The molecule has 0 aliphatic heterocycles. The Balaban J connectivity index is 1.50. The van der Waals surface area contributed by atoms with Crippen molar-refractivity contribution < 1.29 is 13.2 Å². The topological polar surface area (TPSA) is 79.0 Å². The second-order valence-electron chi connectivity index (χ2n) is 6.93. The van der Waals surface area contributed by atoms with Crippen LogP contribution in [0, 0.1) is 6.92 Å². The molecular formula is C23H20N2O3S. The average Bonchev–Trinajstić information content (AvgIpc) is 3.11. The first kappa shape index (κ1) is 19.0. The van der Waals surface area contributed by atoms with E-state index in [4.69, 9.17) is 0 Å². The molecule has 0 spiro atoms. The summed E-state index contributed by atoms with van der Waals surface area (Å²) >= 11 is 0. The highest BCUT2D eigenvalue weighted by Gasteiger charge is 2.20. The van der Waals surface area contributed by atoms with E-state index in [2.05, 4.69) is 15.8 Å². The summed E-state index contributed by atoms with van der Waals surface area (Å²) in [5.41, 5.74) is 4.17. The van der Waals surface area contributed by atoms with Crippen LogP contribution in [-0.4, -0.2) is 19.3 Å². The number of aryl methyl sites for hydroxylation is 1. The quantitative estimate of drug-likeness (QED) is 0.524. The number of amides is 1. The van der Waals surface area contributed by atoms with Gasteiger partial charge in [0, 0.05) is 22.7 Å². The normalized spacial score (nSPS) is 11.5. The van der Waals surface area contributed by atoms with Crippen molar-refractivity contribution in [2.24, 2.45) is 0 Å². The van der Waals surface area contributed by atoms with Gasteiger partial charge in [0.2, 0.25) is 0 Å². The van der Waals surface area contributed by atoms with Gasteiger partial charge in [0.15, 0.2) is 0 Å². The lowest BCUT2D eigenvalue weighted by Crippen LogP contribution is -2.31. The molecule has 0 fully saturated rings. The van der Waals surface area contributed by atoms with E-state index in [0.29, 0.717) is 17.5 Å². The van der Waals surface area contributed by atoms with Crippen LogP contribution in [0.25, 0.3) is 10.9 Å². The van der Waals surface area contributed by atoms with Crippen molar-refractivity contribution in [2.45, 2.75) is 18.2 Å². The molecule has 29 heavy (non-hydrogen) atoms. The summed E-state index contributed by atoms with van der Waals surface area (Å²) in [7, 11) is -3.92. The maximum atomic E-state index is 12.5. The molecule has 2 N–H and O–H groups in total. The van der Waals surface area contributed by atoms with E-state index in [0.717, 1.165) is 11.1 Å². The first-order valence-electron chi connectivity index (χ1n) is 9.21. The third-order valence-corrected chi connectivity index (χ3v) is 6.39. The van der Waals surface area contributed by atoms with Gasteiger partial charge in [0.05, 0.1) is 4.90 Å². The highest BCUT2D eigenvalue weighted by atomic mass is 32.2. The van der Waals surface area contributed by atoms with Crippen LogP contribution < -0.4 is 4.72 Å². The smallest absolute Gasteiger partial charge is 0.264 e. The van der Waals surface area contributed by atoms with E-state index in [1.807, 2.05) is 36.5 Å². The van der Waals surface area contributed by atoms with E-state index < -0.39 is 15.9 Å². The molecule has 0 saturated heterocycles. The predicted octanol–water partition coefficient (Wildman–Crippen LogP) is 4.19. The average molecular weight is 404 g/mol. The Labute approximate surface area is 169 Å². The van der Waals surface area contributed by atoms with Crippen molar-refractivity contribution in [2.75, 3.05) is 0 Å². The molecule has 5 nitrogen and oxygen atoms in total. The number of carbonyl (C=O) groups excluding carboxylic acids is 1. The zero-order valence-corrected chi connectivity index (χ0v) is 16.7. The van der Waals surface area contributed by atoms with E-state index in [1.165, 1.54) is 17.0 Å². The highest BCUT2D eigenvalue weighted by molar-refractivity contribution is 7.90. The number of para-hydroxylation sites is 1. The standard InChI is InChI=1S/C23H20N2O3S/c1-16-6-2-5-9-22(16)29(27,28)25-23(26)18-12-10-17(11-13-18)14-19-15-24-21-8-4-3-7-20(19)21/h2-13,15,24H,14H2,1H3,(H,25,26). The second-order valence-corrected chi connectivity index (χ2v) is 8.58. The minimum Gasteiger partial charge on any atom is -0.361 e. The first-order chi connectivity index (χ1) is 13.9. The summed E-state index contributed by atoms with van der Waals surface area (Å²) in [6, 6.07) is 21.6. The lowest BCUT2D eigenvalue weighted by atomic mass is 10.0. The summed E-state index contributed by atoms with van der Waals surface area (Å²) in [5.74, 6) is -0.646. The fraction of sp³-hybridized carbons (Fsp3) is 0.0870. The zero-order valence-electron chi connectivity index (χ0n) is 15.8. The van der Waals surface area contributed by atoms with Crippen LogP contribution >= 0.6 is 0 Å². The number of benzene rings is 3. The van der Waals surface area contributed by atoms with Crippen LogP contribution in [0.15, 0.2) is 83.9 Å². The Morgan fingerprint density at radius 1 is 0.931 bits per heavy atom. The molecule has 4 aromatic rings. The Kier molecular flexibility index (Phi) is 4.94. The zero-order chi connectivity index (χ0) is 20.4. The number of carbonyl (C=O) groups is 1.